The zero-order valence-corrected chi connectivity index (χ0v) is 15.3. The third kappa shape index (κ3) is 4.66. The molecule has 27 heavy (non-hydrogen) atoms. The fourth-order valence-electron chi connectivity index (χ4n) is 3.30. The van der Waals surface area contributed by atoms with Crippen LogP contribution < -0.4 is 10.6 Å². The Hall–Kier alpha value is -2.84. The summed E-state index contributed by atoms with van der Waals surface area (Å²) in [5.41, 5.74) is 0. The van der Waals surface area contributed by atoms with Gasteiger partial charge in [0.15, 0.2) is 5.76 Å². The van der Waals surface area contributed by atoms with E-state index in [-0.39, 0.29) is 55.7 Å². The molecule has 146 valence electrons. The van der Waals surface area contributed by atoms with E-state index in [2.05, 4.69) is 10.6 Å². The summed E-state index contributed by atoms with van der Waals surface area (Å²) in [6, 6.07) is 3.15. The highest BCUT2D eigenvalue weighted by molar-refractivity contribution is 6.01. The number of urea groups is 1. The van der Waals surface area contributed by atoms with E-state index < -0.39 is 0 Å². The monoisotopic (exact) mass is 376 g/mol. The maximum atomic E-state index is 12.2. The number of rotatable bonds is 5. The Balaban J connectivity index is 1.37. The molecule has 0 aliphatic carbocycles. The van der Waals surface area contributed by atoms with E-state index in [0.29, 0.717) is 37.5 Å². The maximum Gasteiger partial charge on any atom is 0.317 e. The number of carbonyl (C=O) groups is 4. The predicted molar refractivity (Wildman–Crippen MR) is 94.9 cm³/mol. The number of likely N-dealkylation sites (tertiary alicyclic amines) is 2. The third-order valence-corrected chi connectivity index (χ3v) is 4.85. The minimum absolute atomic E-state index is 0.00759. The van der Waals surface area contributed by atoms with E-state index in [9.17, 15) is 19.2 Å². The van der Waals surface area contributed by atoms with Gasteiger partial charge in [-0.1, -0.05) is 0 Å². The van der Waals surface area contributed by atoms with Crippen molar-refractivity contribution in [3.05, 3.63) is 23.7 Å². The van der Waals surface area contributed by atoms with Gasteiger partial charge in [0, 0.05) is 45.1 Å². The maximum absolute atomic E-state index is 12.2. The van der Waals surface area contributed by atoms with Gasteiger partial charge in [-0.25, -0.2) is 4.79 Å². The minimum Gasteiger partial charge on any atom is -0.456 e. The van der Waals surface area contributed by atoms with Gasteiger partial charge < -0.3 is 20.0 Å². The van der Waals surface area contributed by atoms with Crippen LogP contribution in [0.2, 0.25) is 0 Å². The fraction of sp³-hybridized carbons (Fsp3) is 0.556. The molecule has 9 nitrogen and oxygen atoms in total. The molecular weight excluding hydrogens is 352 g/mol. The summed E-state index contributed by atoms with van der Waals surface area (Å²) in [5.74, 6) is 0.365. The van der Waals surface area contributed by atoms with Crippen LogP contribution in [0.15, 0.2) is 16.5 Å². The van der Waals surface area contributed by atoms with Gasteiger partial charge in [-0.3, -0.25) is 19.3 Å². The van der Waals surface area contributed by atoms with Gasteiger partial charge in [-0.05, 0) is 31.9 Å². The van der Waals surface area contributed by atoms with Crippen molar-refractivity contribution in [2.24, 2.45) is 0 Å². The van der Waals surface area contributed by atoms with Crippen molar-refractivity contribution >= 4 is 23.8 Å². The molecule has 3 heterocycles. The molecule has 0 unspecified atom stereocenters. The number of nitrogens with zero attached hydrogens (tertiary/aromatic N) is 2. The van der Waals surface area contributed by atoms with Gasteiger partial charge in [0.25, 0.3) is 5.91 Å². The molecule has 1 aromatic heterocycles. The molecule has 0 atom stereocenters. The van der Waals surface area contributed by atoms with Crippen LogP contribution in [-0.4, -0.2) is 65.8 Å². The Bertz CT molecular complexity index is 720. The van der Waals surface area contributed by atoms with Crippen molar-refractivity contribution in [3.8, 4) is 0 Å². The fourth-order valence-corrected chi connectivity index (χ4v) is 3.30. The molecule has 2 saturated heterocycles. The molecular formula is C18H24N4O5. The molecule has 9 heteroatoms. The van der Waals surface area contributed by atoms with Gasteiger partial charge in [0.1, 0.15) is 5.76 Å². The molecule has 1 aromatic rings. The number of hydrogen-bond acceptors (Lipinski definition) is 5. The molecule has 2 aliphatic heterocycles. The first kappa shape index (κ1) is 18.9. The summed E-state index contributed by atoms with van der Waals surface area (Å²) in [6.45, 7) is 3.28. The van der Waals surface area contributed by atoms with Crippen LogP contribution in [0.1, 0.15) is 42.0 Å². The second kappa shape index (κ2) is 8.24. The van der Waals surface area contributed by atoms with Crippen molar-refractivity contribution in [3.63, 3.8) is 0 Å². The van der Waals surface area contributed by atoms with Crippen LogP contribution in [0.3, 0.4) is 0 Å². The highest BCUT2D eigenvalue weighted by Gasteiger charge is 2.29. The van der Waals surface area contributed by atoms with Crippen LogP contribution in [0, 0.1) is 6.92 Å². The molecule has 0 radical (unpaired) electrons. The number of nitrogens with one attached hydrogen (secondary N) is 2. The third-order valence-electron chi connectivity index (χ3n) is 4.85. The van der Waals surface area contributed by atoms with Crippen LogP contribution >= 0.6 is 0 Å². The topological polar surface area (TPSA) is 112 Å². The Morgan fingerprint density at radius 2 is 1.81 bits per heavy atom. The number of carbonyl (C=O) groups excluding carboxylic acids is 4. The molecule has 5 amide bonds. The molecule has 0 saturated carbocycles. The van der Waals surface area contributed by atoms with Crippen molar-refractivity contribution in [1.29, 1.82) is 0 Å². The van der Waals surface area contributed by atoms with Gasteiger partial charge >= 0.3 is 6.03 Å². The SMILES string of the molecule is Cc1ccc(C(=O)NC2CCN(C(=O)NCCN3C(=O)CCC3=O)CC2)o1. The number of aryl methyl sites for hydroxylation is 1. The number of imide groups is 1. The van der Waals surface area contributed by atoms with Crippen LogP contribution in [-0.2, 0) is 9.59 Å². The molecule has 0 spiro atoms. The number of amides is 5. The van der Waals surface area contributed by atoms with E-state index in [1.54, 1.807) is 24.0 Å². The average Bonchev–Trinajstić information content (AvgIpc) is 3.22. The van der Waals surface area contributed by atoms with Crippen LogP contribution in [0.25, 0.3) is 0 Å². The normalized spacial score (nSPS) is 18.1. The standard InChI is InChI=1S/C18H24N4O5/c1-12-2-3-14(27-12)17(25)20-13-6-9-21(10-7-13)18(26)19-8-11-22-15(23)4-5-16(22)24/h2-3,13H,4-11H2,1H3,(H,19,26)(H,20,25). The number of hydrogen-bond donors (Lipinski definition) is 2. The highest BCUT2D eigenvalue weighted by Crippen LogP contribution is 2.13. The van der Waals surface area contributed by atoms with Crippen LogP contribution in [0.4, 0.5) is 4.79 Å². The summed E-state index contributed by atoms with van der Waals surface area (Å²) in [4.78, 5) is 50.2. The Labute approximate surface area is 157 Å². The van der Waals surface area contributed by atoms with E-state index in [1.165, 1.54) is 4.90 Å². The smallest absolute Gasteiger partial charge is 0.317 e. The Kier molecular flexibility index (Phi) is 5.78. The summed E-state index contributed by atoms with van der Waals surface area (Å²) in [7, 11) is 0. The van der Waals surface area contributed by atoms with Crippen LogP contribution in [0.5, 0.6) is 0 Å². The molecule has 2 N–H and O–H groups in total. The van der Waals surface area contributed by atoms with Gasteiger partial charge in [0.2, 0.25) is 11.8 Å². The average molecular weight is 376 g/mol. The van der Waals surface area contributed by atoms with E-state index in [0.717, 1.165) is 0 Å². The number of furan rings is 1. The van der Waals surface area contributed by atoms with E-state index in [4.69, 9.17) is 4.42 Å². The lowest BCUT2D eigenvalue weighted by molar-refractivity contribution is -0.138. The van der Waals surface area contributed by atoms with Crippen molar-refractivity contribution < 1.29 is 23.6 Å². The van der Waals surface area contributed by atoms with Crippen molar-refractivity contribution in [2.75, 3.05) is 26.2 Å². The lowest BCUT2D eigenvalue weighted by Crippen LogP contribution is -2.50. The highest BCUT2D eigenvalue weighted by atomic mass is 16.3. The number of piperidine rings is 1. The Morgan fingerprint density at radius 1 is 1.15 bits per heavy atom. The Morgan fingerprint density at radius 3 is 2.41 bits per heavy atom. The van der Waals surface area contributed by atoms with E-state index in [1.807, 2.05) is 0 Å². The molecule has 0 aromatic carbocycles. The predicted octanol–water partition coefficient (Wildman–Crippen LogP) is 0.641. The minimum atomic E-state index is -0.244. The second-order valence-corrected chi connectivity index (χ2v) is 6.82. The first-order chi connectivity index (χ1) is 12.9. The van der Waals surface area contributed by atoms with Crippen molar-refractivity contribution in [2.45, 2.75) is 38.6 Å². The first-order valence-electron chi connectivity index (χ1n) is 9.17. The zero-order valence-electron chi connectivity index (χ0n) is 15.3. The summed E-state index contributed by atoms with van der Waals surface area (Å²) < 4.78 is 5.31. The van der Waals surface area contributed by atoms with Gasteiger partial charge in [-0.2, -0.15) is 0 Å². The largest absolute Gasteiger partial charge is 0.456 e. The lowest BCUT2D eigenvalue weighted by Gasteiger charge is -2.32. The summed E-state index contributed by atoms with van der Waals surface area (Å²) >= 11 is 0. The molecule has 2 fully saturated rings. The second-order valence-electron chi connectivity index (χ2n) is 6.82. The van der Waals surface area contributed by atoms with Gasteiger partial charge in [0.05, 0.1) is 0 Å². The van der Waals surface area contributed by atoms with E-state index >= 15 is 0 Å². The summed E-state index contributed by atoms with van der Waals surface area (Å²) in [6.07, 6.45) is 1.82. The summed E-state index contributed by atoms with van der Waals surface area (Å²) in [5, 5.41) is 5.67. The molecule has 0 bridgehead atoms. The molecule has 3 rings (SSSR count). The van der Waals surface area contributed by atoms with Gasteiger partial charge in [-0.15, -0.1) is 0 Å². The van der Waals surface area contributed by atoms with Crippen molar-refractivity contribution in [1.82, 2.24) is 20.4 Å². The zero-order chi connectivity index (χ0) is 19.4. The first-order valence-corrected chi connectivity index (χ1v) is 9.17. The lowest BCUT2D eigenvalue weighted by atomic mass is 10.1. The quantitative estimate of drug-likeness (QED) is 0.733. The molecule has 2 aliphatic rings.